The van der Waals surface area contributed by atoms with Crippen LogP contribution in [0.25, 0.3) is 10.9 Å². The molecule has 3 aromatic rings. The van der Waals surface area contributed by atoms with E-state index in [-0.39, 0.29) is 24.7 Å². The number of nitrogens with zero attached hydrogens (tertiary/aromatic N) is 2. The highest BCUT2D eigenvalue weighted by atomic mass is 16.2. The summed E-state index contributed by atoms with van der Waals surface area (Å²) in [4.78, 5) is 38.8. The summed E-state index contributed by atoms with van der Waals surface area (Å²) in [7, 11) is 0. The van der Waals surface area contributed by atoms with E-state index in [2.05, 4.69) is 29.0 Å². The van der Waals surface area contributed by atoms with Gasteiger partial charge in [0.2, 0.25) is 5.91 Å². The van der Waals surface area contributed by atoms with Crippen LogP contribution in [0.3, 0.4) is 0 Å². The lowest BCUT2D eigenvalue weighted by Gasteiger charge is -2.13. The van der Waals surface area contributed by atoms with Crippen molar-refractivity contribution in [1.82, 2.24) is 14.8 Å². The smallest absolute Gasteiger partial charge is 0.324 e. The molecule has 7 heteroatoms. The van der Waals surface area contributed by atoms with Crippen molar-refractivity contribution in [3.63, 3.8) is 0 Å². The van der Waals surface area contributed by atoms with Gasteiger partial charge in [-0.05, 0) is 42.5 Å². The molecule has 0 saturated carbocycles. The van der Waals surface area contributed by atoms with Gasteiger partial charge < -0.3 is 15.2 Å². The van der Waals surface area contributed by atoms with E-state index in [1.165, 1.54) is 4.90 Å². The summed E-state index contributed by atoms with van der Waals surface area (Å²) < 4.78 is 2.19. The van der Waals surface area contributed by atoms with Gasteiger partial charge in [0.15, 0.2) is 0 Å². The molecule has 0 bridgehead atoms. The van der Waals surface area contributed by atoms with Gasteiger partial charge in [0.25, 0.3) is 5.91 Å². The van der Waals surface area contributed by atoms with E-state index >= 15 is 0 Å². The van der Waals surface area contributed by atoms with Gasteiger partial charge in [0.1, 0.15) is 6.04 Å². The molecule has 2 heterocycles. The van der Waals surface area contributed by atoms with E-state index in [0.29, 0.717) is 18.9 Å². The number of imide groups is 1. The zero-order valence-corrected chi connectivity index (χ0v) is 19.1. The highest BCUT2D eigenvalue weighted by molar-refractivity contribution is 6.05. The number of hydrogen-bond acceptors (Lipinski definition) is 3. The molecule has 1 atom stereocenters. The molecule has 1 aliphatic heterocycles. The number of fused-ring (bicyclic) bond motifs is 1. The van der Waals surface area contributed by atoms with Crippen molar-refractivity contribution in [3.05, 3.63) is 66.4 Å². The fraction of sp³-hybridized carbons (Fsp3) is 0.346. The first kappa shape index (κ1) is 22.6. The van der Waals surface area contributed by atoms with E-state index in [1.807, 2.05) is 60.8 Å². The Morgan fingerprint density at radius 2 is 1.85 bits per heavy atom. The number of aromatic nitrogens is 1. The Morgan fingerprint density at radius 1 is 1.06 bits per heavy atom. The Labute approximate surface area is 193 Å². The van der Waals surface area contributed by atoms with Crippen LogP contribution in [0.1, 0.15) is 32.3 Å². The molecule has 2 aromatic carbocycles. The number of nitrogens with one attached hydrogen (secondary N) is 2. The van der Waals surface area contributed by atoms with Crippen LogP contribution in [0.15, 0.2) is 60.8 Å². The molecule has 0 spiro atoms. The van der Waals surface area contributed by atoms with Gasteiger partial charge in [-0.1, -0.05) is 50.2 Å². The van der Waals surface area contributed by atoms with Crippen LogP contribution in [0.5, 0.6) is 0 Å². The molecule has 4 rings (SSSR count). The lowest BCUT2D eigenvalue weighted by molar-refractivity contribution is -0.127. The van der Waals surface area contributed by atoms with Crippen molar-refractivity contribution in [2.45, 2.75) is 45.7 Å². The van der Waals surface area contributed by atoms with Gasteiger partial charge in [0.05, 0.1) is 11.2 Å². The highest BCUT2D eigenvalue weighted by Crippen LogP contribution is 2.25. The average Bonchev–Trinajstić information content (AvgIpc) is 3.32. The summed E-state index contributed by atoms with van der Waals surface area (Å²) in [5.41, 5.74) is 2.90. The van der Waals surface area contributed by atoms with E-state index in [1.54, 1.807) is 0 Å². The maximum Gasteiger partial charge on any atom is 0.324 e. The maximum atomic E-state index is 12.7. The number of carbonyl (C=O) groups excluding carboxylic acids is 3. The number of urea groups is 1. The zero-order chi connectivity index (χ0) is 23.4. The molecule has 1 aromatic heterocycles. The van der Waals surface area contributed by atoms with Crippen molar-refractivity contribution >= 4 is 34.4 Å². The number of rotatable bonds is 9. The number of hydrogen-bond donors (Lipinski definition) is 2. The average molecular weight is 447 g/mol. The summed E-state index contributed by atoms with van der Waals surface area (Å²) in [6.07, 6.45) is 3.06. The number of carbonyl (C=O) groups is 3. The molecular formula is C26H30N4O3. The molecule has 172 valence electrons. The standard InChI is InChI=1S/C26H30N4O3/c1-18(2)17-29-15-14-20-21(9-6-10-23(20)29)27-24(31)12-11-22-25(32)30(26(33)28-22)16-13-19-7-4-3-5-8-19/h3-10,14-15,18,22H,11-13,16-17H2,1-2H3,(H,27,31)(H,28,33)/t22-/m1/s1. The lowest BCUT2D eigenvalue weighted by Crippen LogP contribution is -2.33. The number of amides is 4. The van der Waals surface area contributed by atoms with Gasteiger partial charge in [-0.2, -0.15) is 0 Å². The molecule has 0 unspecified atom stereocenters. The van der Waals surface area contributed by atoms with Crippen LogP contribution in [0, 0.1) is 5.92 Å². The van der Waals surface area contributed by atoms with E-state index in [9.17, 15) is 14.4 Å². The topological polar surface area (TPSA) is 83.4 Å². The van der Waals surface area contributed by atoms with Crippen molar-refractivity contribution < 1.29 is 14.4 Å². The second kappa shape index (κ2) is 9.90. The third-order valence-corrected chi connectivity index (χ3v) is 5.88. The first-order valence-corrected chi connectivity index (χ1v) is 11.5. The Bertz CT molecular complexity index is 1150. The Kier molecular flexibility index (Phi) is 6.77. The maximum absolute atomic E-state index is 12.7. The third-order valence-electron chi connectivity index (χ3n) is 5.88. The third kappa shape index (κ3) is 5.25. The predicted octanol–water partition coefficient (Wildman–Crippen LogP) is 4.18. The van der Waals surface area contributed by atoms with Crippen molar-refractivity contribution in [2.24, 2.45) is 5.92 Å². The van der Waals surface area contributed by atoms with Gasteiger partial charge in [-0.3, -0.25) is 14.5 Å². The van der Waals surface area contributed by atoms with Gasteiger partial charge in [0, 0.05) is 31.1 Å². The van der Waals surface area contributed by atoms with Crippen molar-refractivity contribution in [3.8, 4) is 0 Å². The minimum absolute atomic E-state index is 0.145. The molecule has 1 fully saturated rings. The van der Waals surface area contributed by atoms with Gasteiger partial charge in [-0.25, -0.2) is 4.79 Å². The molecule has 2 N–H and O–H groups in total. The minimum atomic E-state index is -0.665. The SMILES string of the molecule is CC(C)Cn1ccc2c(NC(=O)CC[C@H]3NC(=O)N(CCc4ccccc4)C3=O)cccc21. The fourth-order valence-electron chi connectivity index (χ4n) is 4.24. The molecule has 7 nitrogen and oxygen atoms in total. The molecule has 0 aliphatic carbocycles. The van der Waals surface area contributed by atoms with Crippen LogP contribution in [0.2, 0.25) is 0 Å². The Hall–Kier alpha value is -3.61. The van der Waals surface area contributed by atoms with Crippen molar-refractivity contribution in [1.29, 1.82) is 0 Å². The first-order chi connectivity index (χ1) is 15.9. The van der Waals surface area contributed by atoms with Gasteiger partial charge in [-0.15, -0.1) is 0 Å². The first-order valence-electron chi connectivity index (χ1n) is 11.5. The summed E-state index contributed by atoms with van der Waals surface area (Å²) in [6.45, 7) is 5.57. The van der Waals surface area contributed by atoms with Crippen molar-refractivity contribution in [2.75, 3.05) is 11.9 Å². The Morgan fingerprint density at radius 3 is 2.61 bits per heavy atom. The summed E-state index contributed by atoms with van der Waals surface area (Å²) in [5, 5.41) is 6.67. The van der Waals surface area contributed by atoms with Crippen LogP contribution in [-0.2, 0) is 22.6 Å². The molecule has 33 heavy (non-hydrogen) atoms. The second-order valence-electron chi connectivity index (χ2n) is 8.91. The predicted molar refractivity (Wildman–Crippen MR) is 129 cm³/mol. The molecule has 1 saturated heterocycles. The number of benzene rings is 2. The normalized spacial score (nSPS) is 16.0. The largest absolute Gasteiger partial charge is 0.347 e. The minimum Gasteiger partial charge on any atom is -0.347 e. The lowest BCUT2D eigenvalue weighted by atomic mass is 10.1. The van der Waals surface area contributed by atoms with E-state index < -0.39 is 12.1 Å². The van der Waals surface area contributed by atoms with Crippen LogP contribution < -0.4 is 10.6 Å². The quantitative estimate of drug-likeness (QED) is 0.484. The number of anilines is 1. The Balaban J connectivity index is 1.32. The molecular weight excluding hydrogens is 416 g/mol. The molecule has 4 amide bonds. The summed E-state index contributed by atoms with van der Waals surface area (Å²) in [5.74, 6) is 0.0748. The summed E-state index contributed by atoms with van der Waals surface area (Å²) in [6, 6.07) is 16.6. The molecule has 1 aliphatic rings. The summed E-state index contributed by atoms with van der Waals surface area (Å²) >= 11 is 0. The zero-order valence-electron chi connectivity index (χ0n) is 19.1. The van der Waals surface area contributed by atoms with Gasteiger partial charge >= 0.3 is 6.03 Å². The monoisotopic (exact) mass is 446 g/mol. The highest BCUT2D eigenvalue weighted by Gasteiger charge is 2.37. The van der Waals surface area contributed by atoms with Crippen LogP contribution in [0.4, 0.5) is 10.5 Å². The van der Waals surface area contributed by atoms with Crippen LogP contribution in [-0.4, -0.2) is 39.9 Å². The van der Waals surface area contributed by atoms with E-state index in [0.717, 1.165) is 28.7 Å². The van der Waals surface area contributed by atoms with Crippen LogP contribution >= 0.6 is 0 Å². The van der Waals surface area contributed by atoms with E-state index in [4.69, 9.17) is 0 Å². The molecule has 0 radical (unpaired) electrons. The fourth-order valence-corrected chi connectivity index (χ4v) is 4.24. The second-order valence-corrected chi connectivity index (χ2v) is 8.91.